The molecule has 0 saturated carbocycles. The fourth-order valence-electron chi connectivity index (χ4n) is 1.51. The van der Waals surface area contributed by atoms with Crippen LogP contribution in [0.15, 0.2) is 23.0 Å². The summed E-state index contributed by atoms with van der Waals surface area (Å²) < 4.78 is 24.7. The topological polar surface area (TPSA) is 108 Å². The molecule has 1 aromatic heterocycles. The Kier molecular flexibility index (Phi) is 4.48. The lowest BCUT2D eigenvalue weighted by Gasteiger charge is -2.25. The van der Waals surface area contributed by atoms with E-state index in [-0.39, 0.29) is 17.8 Å². The van der Waals surface area contributed by atoms with Crippen LogP contribution in [0.3, 0.4) is 0 Å². The number of nitrogens with one attached hydrogen (secondary N) is 3. The molecule has 0 atom stereocenters. The highest BCUT2D eigenvalue weighted by Gasteiger charge is 2.23. The average molecular weight is 287 g/mol. The molecule has 0 spiro atoms. The standard InChI is InChI=1S/C11H17N3O4S/c1-11(2,14-19(3,17)18)7-12-10(16)8-5-4-6-9(15)13-8/h4-6,14H,7H2,1-3H3,(H,12,16)(H,13,15). The van der Waals surface area contributed by atoms with Crippen LogP contribution in [0.2, 0.25) is 0 Å². The van der Waals surface area contributed by atoms with Crippen molar-refractivity contribution in [1.29, 1.82) is 0 Å². The van der Waals surface area contributed by atoms with Gasteiger partial charge in [-0.2, -0.15) is 0 Å². The molecule has 0 saturated heterocycles. The van der Waals surface area contributed by atoms with E-state index in [0.29, 0.717) is 0 Å². The summed E-state index contributed by atoms with van der Waals surface area (Å²) in [6, 6.07) is 4.23. The summed E-state index contributed by atoms with van der Waals surface area (Å²) in [5.74, 6) is -0.471. The maximum Gasteiger partial charge on any atom is 0.267 e. The number of rotatable bonds is 5. The van der Waals surface area contributed by atoms with Gasteiger partial charge in [-0.25, -0.2) is 13.1 Å². The van der Waals surface area contributed by atoms with Crippen molar-refractivity contribution in [3.05, 3.63) is 34.2 Å². The lowest BCUT2D eigenvalue weighted by molar-refractivity contribution is 0.0939. The maximum absolute atomic E-state index is 11.8. The van der Waals surface area contributed by atoms with E-state index in [1.807, 2.05) is 0 Å². The molecule has 0 aliphatic carbocycles. The minimum Gasteiger partial charge on any atom is -0.349 e. The molecule has 3 N–H and O–H groups in total. The molecule has 1 aromatic rings. The van der Waals surface area contributed by atoms with Gasteiger partial charge in [0.05, 0.1) is 6.26 Å². The van der Waals surface area contributed by atoms with Crippen LogP contribution >= 0.6 is 0 Å². The highest BCUT2D eigenvalue weighted by molar-refractivity contribution is 7.88. The van der Waals surface area contributed by atoms with Gasteiger partial charge in [0, 0.05) is 18.2 Å². The largest absolute Gasteiger partial charge is 0.349 e. The van der Waals surface area contributed by atoms with E-state index < -0.39 is 21.5 Å². The van der Waals surface area contributed by atoms with Gasteiger partial charge in [-0.1, -0.05) is 6.07 Å². The first kappa shape index (κ1) is 15.4. The molecule has 0 aliphatic heterocycles. The Morgan fingerprint density at radius 1 is 1.37 bits per heavy atom. The predicted molar refractivity (Wildman–Crippen MR) is 71.5 cm³/mol. The van der Waals surface area contributed by atoms with Gasteiger partial charge in [0.2, 0.25) is 15.6 Å². The first-order valence-corrected chi connectivity index (χ1v) is 7.45. The Morgan fingerprint density at radius 2 is 2.00 bits per heavy atom. The molecule has 0 aliphatic rings. The number of sulfonamides is 1. The molecule has 1 heterocycles. The normalized spacial score (nSPS) is 12.2. The fourth-order valence-corrected chi connectivity index (χ4v) is 2.59. The van der Waals surface area contributed by atoms with Crippen molar-refractivity contribution in [1.82, 2.24) is 15.0 Å². The zero-order valence-electron chi connectivity index (χ0n) is 11.0. The van der Waals surface area contributed by atoms with Crippen LogP contribution in [0.4, 0.5) is 0 Å². The van der Waals surface area contributed by atoms with Crippen LogP contribution in [-0.4, -0.2) is 37.6 Å². The van der Waals surface area contributed by atoms with Gasteiger partial charge in [-0.15, -0.1) is 0 Å². The number of H-pyrrole nitrogens is 1. The van der Waals surface area contributed by atoms with E-state index in [2.05, 4.69) is 15.0 Å². The van der Waals surface area contributed by atoms with Crippen LogP contribution in [-0.2, 0) is 10.0 Å². The first-order valence-electron chi connectivity index (χ1n) is 5.56. The summed E-state index contributed by atoms with van der Waals surface area (Å²) in [6.45, 7) is 3.37. The first-order chi connectivity index (χ1) is 8.59. The highest BCUT2D eigenvalue weighted by atomic mass is 32.2. The van der Waals surface area contributed by atoms with Gasteiger partial charge in [-0.05, 0) is 19.9 Å². The summed E-state index contributed by atoms with van der Waals surface area (Å²) >= 11 is 0. The molecule has 0 fully saturated rings. The second-order valence-corrected chi connectivity index (χ2v) is 6.62. The maximum atomic E-state index is 11.8. The van der Waals surface area contributed by atoms with Gasteiger partial charge < -0.3 is 10.3 Å². The number of amides is 1. The van der Waals surface area contributed by atoms with E-state index in [0.717, 1.165) is 6.26 Å². The van der Waals surface area contributed by atoms with E-state index in [4.69, 9.17) is 0 Å². The van der Waals surface area contributed by atoms with Crippen LogP contribution in [0.5, 0.6) is 0 Å². The summed E-state index contributed by atoms with van der Waals surface area (Å²) in [5.41, 5.74) is -1.07. The van der Waals surface area contributed by atoms with Crippen LogP contribution < -0.4 is 15.6 Å². The van der Waals surface area contributed by atoms with Crippen LogP contribution in [0.25, 0.3) is 0 Å². The minimum atomic E-state index is -3.36. The van der Waals surface area contributed by atoms with Gasteiger partial charge in [-0.3, -0.25) is 9.59 Å². The highest BCUT2D eigenvalue weighted by Crippen LogP contribution is 2.02. The number of hydrogen-bond acceptors (Lipinski definition) is 4. The van der Waals surface area contributed by atoms with Gasteiger partial charge in [0.25, 0.3) is 5.91 Å². The Hall–Kier alpha value is -1.67. The number of carbonyl (C=O) groups excluding carboxylic acids is 1. The zero-order valence-corrected chi connectivity index (χ0v) is 11.8. The van der Waals surface area contributed by atoms with Crippen LogP contribution in [0.1, 0.15) is 24.3 Å². The van der Waals surface area contributed by atoms with Gasteiger partial charge >= 0.3 is 0 Å². The van der Waals surface area contributed by atoms with Gasteiger partial charge in [0.15, 0.2) is 0 Å². The third kappa shape index (κ3) is 5.66. The second kappa shape index (κ2) is 5.54. The van der Waals surface area contributed by atoms with Crippen molar-refractivity contribution in [3.8, 4) is 0 Å². The smallest absolute Gasteiger partial charge is 0.267 e. The Balaban J connectivity index is 2.67. The van der Waals surface area contributed by atoms with Crippen molar-refractivity contribution >= 4 is 15.9 Å². The van der Waals surface area contributed by atoms with E-state index >= 15 is 0 Å². The van der Waals surface area contributed by atoms with Crippen molar-refractivity contribution in [2.24, 2.45) is 0 Å². The Bertz CT molecular complexity index is 619. The molecule has 0 radical (unpaired) electrons. The van der Waals surface area contributed by atoms with Crippen molar-refractivity contribution in [2.75, 3.05) is 12.8 Å². The van der Waals surface area contributed by atoms with E-state index in [1.165, 1.54) is 18.2 Å². The Labute approximate surface area is 111 Å². The zero-order chi connectivity index (χ0) is 14.7. The van der Waals surface area contributed by atoms with Crippen molar-refractivity contribution < 1.29 is 13.2 Å². The predicted octanol–water partition coefficient (Wildman–Crippen LogP) is -0.567. The third-order valence-corrected chi connectivity index (χ3v) is 3.09. The monoisotopic (exact) mass is 287 g/mol. The number of aromatic amines is 1. The summed E-state index contributed by atoms with van der Waals surface area (Å²) in [7, 11) is -3.36. The van der Waals surface area contributed by atoms with Crippen molar-refractivity contribution in [2.45, 2.75) is 19.4 Å². The molecule has 7 nitrogen and oxygen atoms in total. The Morgan fingerprint density at radius 3 is 2.53 bits per heavy atom. The molecule has 1 rings (SSSR count). The summed E-state index contributed by atoms with van der Waals surface area (Å²) in [6.07, 6.45) is 1.05. The number of aromatic nitrogens is 1. The molecule has 0 unspecified atom stereocenters. The number of pyridine rings is 1. The number of carbonyl (C=O) groups is 1. The SMILES string of the molecule is CC(C)(CNC(=O)c1cccc(=O)[nH]1)NS(C)(=O)=O. The number of hydrogen-bond donors (Lipinski definition) is 3. The molecule has 1 amide bonds. The summed E-state index contributed by atoms with van der Waals surface area (Å²) in [5, 5.41) is 2.55. The van der Waals surface area contributed by atoms with E-state index in [9.17, 15) is 18.0 Å². The lowest BCUT2D eigenvalue weighted by atomic mass is 10.1. The molecule has 106 valence electrons. The lowest BCUT2D eigenvalue weighted by Crippen LogP contribution is -2.51. The molecular weight excluding hydrogens is 270 g/mol. The fraction of sp³-hybridized carbons (Fsp3) is 0.455. The van der Waals surface area contributed by atoms with E-state index in [1.54, 1.807) is 13.8 Å². The average Bonchev–Trinajstić information content (AvgIpc) is 2.22. The van der Waals surface area contributed by atoms with Crippen molar-refractivity contribution in [3.63, 3.8) is 0 Å². The molecule has 19 heavy (non-hydrogen) atoms. The summed E-state index contributed by atoms with van der Waals surface area (Å²) in [4.78, 5) is 25.2. The molecule has 8 heteroatoms. The third-order valence-electron chi connectivity index (χ3n) is 2.17. The molecule has 0 bridgehead atoms. The molecule has 0 aromatic carbocycles. The van der Waals surface area contributed by atoms with Gasteiger partial charge in [0.1, 0.15) is 5.69 Å². The minimum absolute atomic E-state index is 0.0931. The molecular formula is C11H17N3O4S. The quantitative estimate of drug-likeness (QED) is 0.674. The van der Waals surface area contributed by atoms with Crippen LogP contribution in [0, 0.1) is 0 Å². The second-order valence-electron chi connectivity index (χ2n) is 4.87.